The monoisotopic (exact) mass is 144 g/mol. The van der Waals surface area contributed by atoms with Crippen molar-refractivity contribution in [2.24, 2.45) is 0 Å². The van der Waals surface area contributed by atoms with Gasteiger partial charge in [0.05, 0.1) is 11.4 Å². The van der Waals surface area contributed by atoms with Crippen LogP contribution in [0.2, 0.25) is 0 Å². The van der Waals surface area contributed by atoms with Crippen LogP contribution in [0.3, 0.4) is 0 Å². The molecule has 1 unspecified atom stereocenters. The van der Waals surface area contributed by atoms with Crippen LogP contribution in [0.1, 0.15) is 20.3 Å². The molecule has 0 fully saturated rings. The van der Waals surface area contributed by atoms with Crippen LogP contribution >= 0.6 is 12.2 Å². The van der Waals surface area contributed by atoms with Gasteiger partial charge in [0, 0.05) is 6.42 Å². The van der Waals surface area contributed by atoms with Gasteiger partial charge < -0.3 is 5.32 Å². The molecule has 51 valence electrons. The summed E-state index contributed by atoms with van der Waals surface area (Å²) in [4.78, 5) is 10.6. The Bertz CT molecular complexity index is 114. The number of nitrogens with one attached hydrogen (secondary N) is 1. The molecule has 0 aliphatic rings. The van der Waals surface area contributed by atoms with Crippen LogP contribution in [0.25, 0.3) is 0 Å². The lowest BCUT2D eigenvalue weighted by molar-refractivity contribution is -0.120. The van der Waals surface area contributed by atoms with Crippen LogP contribution in [0.4, 0.5) is 0 Å². The van der Waals surface area contributed by atoms with E-state index < -0.39 is 0 Å². The molecular formula is C6H10NOS. The molecule has 0 aliphatic carbocycles. The predicted molar refractivity (Wildman–Crippen MR) is 40.5 cm³/mol. The molecule has 0 saturated heterocycles. The van der Waals surface area contributed by atoms with Crippen LogP contribution in [-0.4, -0.2) is 17.3 Å². The van der Waals surface area contributed by atoms with Crippen LogP contribution in [0.5, 0.6) is 0 Å². The third-order valence-electron chi connectivity index (χ3n) is 0.875. The Morgan fingerprint density at radius 1 is 1.89 bits per heavy atom. The zero-order valence-corrected chi connectivity index (χ0v) is 6.42. The highest BCUT2D eigenvalue weighted by Gasteiger charge is 1.99. The van der Waals surface area contributed by atoms with E-state index in [9.17, 15) is 4.79 Å². The van der Waals surface area contributed by atoms with Gasteiger partial charge in [-0.3, -0.25) is 4.79 Å². The van der Waals surface area contributed by atoms with E-state index >= 15 is 0 Å². The first-order valence-corrected chi connectivity index (χ1v) is 3.28. The summed E-state index contributed by atoms with van der Waals surface area (Å²) >= 11 is 4.48. The van der Waals surface area contributed by atoms with Crippen LogP contribution in [0, 0.1) is 0 Å². The lowest BCUT2D eigenvalue weighted by Gasteiger charge is -2.04. The molecule has 9 heavy (non-hydrogen) atoms. The molecule has 1 radical (unpaired) electrons. The highest BCUT2D eigenvalue weighted by atomic mass is 32.1. The van der Waals surface area contributed by atoms with E-state index in [4.69, 9.17) is 0 Å². The molecule has 0 aromatic carbocycles. The number of hydrogen-bond donors (Lipinski definition) is 1. The fourth-order valence-corrected chi connectivity index (χ4v) is 0.432. The fraction of sp³-hybridized carbons (Fsp3) is 0.667. The van der Waals surface area contributed by atoms with E-state index in [2.05, 4.69) is 22.9 Å². The van der Waals surface area contributed by atoms with E-state index in [1.165, 1.54) is 0 Å². The van der Waals surface area contributed by atoms with Gasteiger partial charge in [-0.1, -0.05) is 19.1 Å². The highest BCUT2D eigenvalue weighted by molar-refractivity contribution is 7.79. The van der Waals surface area contributed by atoms with Crippen molar-refractivity contribution in [3.63, 3.8) is 0 Å². The average Bonchev–Trinajstić information content (AvgIpc) is 1.87. The smallest absolute Gasteiger partial charge is 0.220 e. The minimum absolute atomic E-state index is 0.0138. The molecule has 0 rings (SSSR count). The van der Waals surface area contributed by atoms with E-state index in [1.54, 1.807) is 13.8 Å². The molecule has 1 amide bonds. The SMILES string of the molecule is CCC(=O)NC(C)[C]=S. The first kappa shape index (κ1) is 8.56. The van der Waals surface area contributed by atoms with Crippen molar-refractivity contribution < 1.29 is 4.79 Å². The molecule has 1 N–H and O–H groups in total. The van der Waals surface area contributed by atoms with Gasteiger partial charge in [0.25, 0.3) is 0 Å². The summed E-state index contributed by atoms with van der Waals surface area (Å²) in [6.45, 7) is 3.59. The zero-order valence-electron chi connectivity index (χ0n) is 5.60. The van der Waals surface area contributed by atoms with Gasteiger partial charge in [-0.05, 0) is 6.92 Å². The molecule has 1 atom stereocenters. The van der Waals surface area contributed by atoms with Crippen molar-refractivity contribution in [3.8, 4) is 0 Å². The minimum atomic E-state index is -0.104. The first-order valence-electron chi connectivity index (χ1n) is 2.87. The molecule has 2 nitrogen and oxygen atoms in total. The Labute approximate surface area is 60.6 Å². The summed E-state index contributed by atoms with van der Waals surface area (Å²) < 4.78 is 0. The zero-order chi connectivity index (χ0) is 7.28. The number of amides is 1. The van der Waals surface area contributed by atoms with Crippen molar-refractivity contribution in [1.82, 2.24) is 5.32 Å². The van der Waals surface area contributed by atoms with Crippen LogP contribution in [0.15, 0.2) is 0 Å². The second-order valence-electron chi connectivity index (χ2n) is 1.76. The molecule has 3 heteroatoms. The third kappa shape index (κ3) is 4.09. The maximum atomic E-state index is 10.6. The molecule has 0 spiro atoms. The first-order chi connectivity index (χ1) is 4.20. The summed E-state index contributed by atoms with van der Waals surface area (Å²) in [7, 11) is 0. The number of rotatable bonds is 3. The van der Waals surface area contributed by atoms with E-state index in [0.29, 0.717) is 6.42 Å². The highest BCUT2D eigenvalue weighted by Crippen LogP contribution is 1.79. The lowest BCUT2D eigenvalue weighted by atomic mass is 10.3. The number of carbonyl (C=O) groups is 1. The summed E-state index contributed by atoms with van der Waals surface area (Å²) in [5.41, 5.74) is 0. The summed E-state index contributed by atoms with van der Waals surface area (Å²) in [6, 6.07) is -0.104. The topological polar surface area (TPSA) is 29.1 Å². The van der Waals surface area contributed by atoms with Crippen LogP contribution < -0.4 is 5.32 Å². The van der Waals surface area contributed by atoms with E-state index in [1.807, 2.05) is 0 Å². The predicted octanol–water partition coefficient (Wildman–Crippen LogP) is 0.778. The molecule has 0 saturated carbocycles. The van der Waals surface area contributed by atoms with Crippen molar-refractivity contribution >= 4 is 23.5 Å². The second-order valence-corrected chi connectivity index (χ2v) is 2.00. The van der Waals surface area contributed by atoms with E-state index in [0.717, 1.165) is 0 Å². The summed E-state index contributed by atoms with van der Waals surface area (Å²) in [5, 5.41) is 5.11. The van der Waals surface area contributed by atoms with E-state index in [-0.39, 0.29) is 11.9 Å². The molecule has 0 aromatic rings. The summed E-state index contributed by atoms with van der Waals surface area (Å²) in [6.07, 6.45) is 0.501. The van der Waals surface area contributed by atoms with Crippen molar-refractivity contribution in [1.29, 1.82) is 0 Å². The standard InChI is InChI=1S/C6H10NOS/c1-3-6(8)7-5(2)4-9/h5H,3H2,1-2H3,(H,7,8). The lowest BCUT2D eigenvalue weighted by Crippen LogP contribution is -2.32. The minimum Gasteiger partial charge on any atom is -0.349 e. The fourth-order valence-electron chi connectivity index (χ4n) is 0.373. The molecular weight excluding hydrogens is 134 g/mol. The van der Waals surface area contributed by atoms with Crippen molar-refractivity contribution in [3.05, 3.63) is 0 Å². The Balaban J connectivity index is 3.46. The molecule has 0 bridgehead atoms. The van der Waals surface area contributed by atoms with Gasteiger partial charge in [0.15, 0.2) is 0 Å². The van der Waals surface area contributed by atoms with Gasteiger partial charge in [0.1, 0.15) is 0 Å². The number of carbonyl (C=O) groups excluding carboxylic acids is 1. The molecule has 0 aliphatic heterocycles. The van der Waals surface area contributed by atoms with Gasteiger partial charge in [0.2, 0.25) is 5.91 Å². The maximum Gasteiger partial charge on any atom is 0.220 e. The Hall–Kier alpha value is -0.440. The van der Waals surface area contributed by atoms with Crippen LogP contribution in [-0.2, 0) is 4.79 Å². The normalized spacial score (nSPS) is 12.2. The Morgan fingerprint density at radius 3 is 2.78 bits per heavy atom. The van der Waals surface area contributed by atoms with Crippen molar-refractivity contribution in [2.75, 3.05) is 0 Å². The second kappa shape index (κ2) is 4.44. The number of hydrogen-bond acceptors (Lipinski definition) is 2. The average molecular weight is 144 g/mol. The van der Waals surface area contributed by atoms with Crippen molar-refractivity contribution in [2.45, 2.75) is 26.3 Å². The Kier molecular flexibility index (Phi) is 4.22. The summed E-state index contributed by atoms with van der Waals surface area (Å²) in [5.74, 6) is 0.0138. The third-order valence-corrected chi connectivity index (χ3v) is 1.23. The van der Waals surface area contributed by atoms with Gasteiger partial charge in [-0.2, -0.15) is 0 Å². The van der Waals surface area contributed by atoms with Gasteiger partial charge in [-0.15, -0.1) is 0 Å². The maximum absolute atomic E-state index is 10.6. The quantitative estimate of drug-likeness (QED) is 0.593. The van der Waals surface area contributed by atoms with Gasteiger partial charge in [-0.25, -0.2) is 0 Å². The largest absolute Gasteiger partial charge is 0.349 e. The molecule has 0 aromatic heterocycles. The molecule has 0 heterocycles. The Morgan fingerprint density at radius 2 is 2.44 bits per heavy atom. The number of thiocarbonyl (C=S) groups is 1. The van der Waals surface area contributed by atoms with Gasteiger partial charge >= 0.3 is 0 Å².